The Morgan fingerprint density at radius 1 is 0.966 bits per heavy atom. The highest BCUT2D eigenvalue weighted by atomic mass is 35.5. The molecule has 0 aliphatic carbocycles. The Morgan fingerprint density at radius 3 is 2.28 bits per heavy atom. The number of anilines is 1. The minimum Gasteiger partial charge on any atom is -0.322 e. The minimum atomic E-state index is -3.58. The van der Waals surface area contributed by atoms with Gasteiger partial charge in [0.25, 0.3) is 5.91 Å². The second-order valence-electron chi connectivity index (χ2n) is 6.41. The number of amides is 1. The molecule has 1 N–H and O–H groups in total. The van der Waals surface area contributed by atoms with Gasteiger partial charge in [-0.2, -0.15) is 4.31 Å². The van der Waals surface area contributed by atoms with Gasteiger partial charge in [-0.1, -0.05) is 54.9 Å². The van der Waals surface area contributed by atoms with E-state index < -0.39 is 10.0 Å². The Labute approximate surface area is 176 Å². The number of hydrogen-bond donors (Lipinski definition) is 1. The summed E-state index contributed by atoms with van der Waals surface area (Å²) >= 11 is 5.93. The van der Waals surface area contributed by atoms with Crippen molar-refractivity contribution in [3.8, 4) is 0 Å². The number of sulfonamides is 1. The van der Waals surface area contributed by atoms with Crippen molar-refractivity contribution in [2.75, 3.05) is 11.9 Å². The van der Waals surface area contributed by atoms with Crippen LogP contribution in [0, 0.1) is 0 Å². The lowest BCUT2D eigenvalue weighted by atomic mass is 10.1. The van der Waals surface area contributed by atoms with E-state index in [1.807, 2.05) is 0 Å². The van der Waals surface area contributed by atoms with Gasteiger partial charge in [0.15, 0.2) is 0 Å². The van der Waals surface area contributed by atoms with Crippen LogP contribution in [0.3, 0.4) is 0 Å². The maximum atomic E-state index is 12.8. The van der Waals surface area contributed by atoms with E-state index in [0.717, 1.165) is 5.56 Å². The molecule has 0 bridgehead atoms. The van der Waals surface area contributed by atoms with Crippen molar-refractivity contribution in [2.45, 2.75) is 18.4 Å². The number of rotatable bonds is 7. The van der Waals surface area contributed by atoms with Crippen LogP contribution >= 0.6 is 11.6 Å². The number of hydrogen-bond acceptors (Lipinski definition) is 3. The fourth-order valence-corrected chi connectivity index (χ4v) is 4.49. The Kier molecular flexibility index (Phi) is 6.69. The molecule has 0 aromatic heterocycles. The molecule has 3 rings (SSSR count). The normalized spacial score (nSPS) is 11.4. The first kappa shape index (κ1) is 21.0. The van der Waals surface area contributed by atoms with E-state index in [4.69, 9.17) is 11.6 Å². The molecule has 0 saturated heterocycles. The summed E-state index contributed by atoms with van der Waals surface area (Å²) in [6.07, 6.45) is 0. The van der Waals surface area contributed by atoms with E-state index in [1.54, 1.807) is 85.8 Å². The number of benzene rings is 3. The second kappa shape index (κ2) is 9.22. The summed E-state index contributed by atoms with van der Waals surface area (Å²) in [5.74, 6) is -0.261. The highest BCUT2D eigenvalue weighted by Crippen LogP contribution is 2.19. The molecule has 0 radical (unpaired) electrons. The van der Waals surface area contributed by atoms with Crippen molar-refractivity contribution < 1.29 is 13.2 Å². The summed E-state index contributed by atoms with van der Waals surface area (Å²) < 4.78 is 27.1. The molecule has 0 fully saturated rings. The fraction of sp³-hybridized carbons (Fsp3) is 0.136. The van der Waals surface area contributed by atoms with Crippen molar-refractivity contribution in [1.29, 1.82) is 0 Å². The van der Waals surface area contributed by atoms with E-state index >= 15 is 0 Å². The Balaban J connectivity index is 1.71. The molecule has 7 heteroatoms. The maximum absolute atomic E-state index is 12.8. The number of carbonyl (C=O) groups excluding carboxylic acids is 1. The van der Waals surface area contributed by atoms with Gasteiger partial charge in [0.2, 0.25) is 10.0 Å². The first-order chi connectivity index (χ1) is 13.9. The standard InChI is InChI=1S/C22H21ClN2O3S/c1-2-25(29(27,28)21-9-4-3-5-10-21)16-17-11-13-18(14-12-17)22(26)24-20-8-6-7-19(23)15-20/h3-15H,2,16H2,1H3,(H,24,26). The van der Waals surface area contributed by atoms with Gasteiger partial charge >= 0.3 is 0 Å². The van der Waals surface area contributed by atoms with Gasteiger partial charge in [0.05, 0.1) is 4.90 Å². The lowest BCUT2D eigenvalue weighted by Gasteiger charge is -2.20. The lowest BCUT2D eigenvalue weighted by molar-refractivity contribution is 0.102. The summed E-state index contributed by atoms with van der Waals surface area (Å²) in [6.45, 7) is 2.37. The summed E-state index contributed by atoms with van der Waals surface area (Å²) in [7, 11) is -3.58. The number of nitrogens with one attached hydrogen (secondary N) is 1. The molecule has 3 aromatic carbocycles. The third kappa shape index (κ3) is 5.23. The highest BCUT2D eigenvalue weighted by Gasteiger charge is 2.22. The van der Waals surface area contributed by atoms with Gasteiger partial charge in [0.1, 0.15) is 0 Å². The van der Waals surface area contributed by atoms with Gasteiger partial charge in [-0.15, -0.1) is 0 Å². The first-order valence-corrected chi connectivity index (χ1v) is 10.9. The van der Waals surface area contributed by atoms with E-state index in [2.05, 4.69) is 5.32 Å². The molecule has 5 nitrogen and oxygen atoms in total. The highest BCUT2D eigenvalue weighted by molar-refractivity contribution is 7.89. The van der Waals surface area contributed by atoms with E-state index in [-0.39, 0.29) is 17.3 Å². The molecule has 0 atom stereocenters. The largest absolute Gasteiger partial charge is 0.322 e. The molecule has 0 aliphatic rings. The molecule has 0 saturated carbocycles. The molecule has 29 heavy (non-hydrogen) atoms. The zero-order valence-corrected chi connectivity index (χ0v) is 17.5. The summed E-state index contributed by atoms with van der Waals surface area (Å²) in [6, 6.07) is 22.1. The van der Waals surface area contributed by atoms with Crippen molar-refractivity contribution in [1.82, 2.24) is 4.31 Å². The van der Waals surface area contributed by atoms with Gasteiger partial charge < -0.3 is 5.32 Å². The monoisotopic (exact) mass is 428 g/mol. The molecule has 1 amide bonds. The maximum Gasteiger partial charge on any atom is 0.255 e. The van der Waals surface area contributed by atoms with Gasteiger partial charge in [-0.3, -0.25) is 4.79 Å². The molecule has 3 aromatic rings. The van der Waals surface area contributed by atoms with Crippen molar-refractivity contribution >= 4 is 33.2 Å². The third-order valence-electron chi connectivity index (χ3n) is 4.39. The molecule has 0 spiro atoms. The number of carbonyl (C=O) groups is 1. The number of nitrogens with zero attached hydrogens (tertiary/aromatic N) is 1. The van der Waals surface area contributed by atoms with Crippen LogP contribution in [0.4, 0.5) is 5.69 Å². The molecule has 0 aliphatic heterocycles. The average Bonchev–Trinajstić information content (AvgIpc) is 2.73. The topological polar surface area (TPSA) is 66.5 Å². The SMILES string of the molecule is CCN(Cc1ccc(C(=O)Nc2cccc(Cl)c2)cc1)S(=O)(=O)c1ccccc1. The van der Waals surface area contributed by atoms with E-state index in [0.29, 0.717) is 22.8 Å². The second-order valence-corrected chi connectivity index (χ2v) is 8.78. The zero-order chi connectivity index (χ0) is 20.9. The molecular formula is C22H21ClN2O3S. The van der Waals surface area contributed by atoms with Gasteiger partial charge in [-0.05, 0) is 48.0 Å². The molecule has 150 valence electrons. The van der Waals surface area contributed by atoms with Crippen LogP contribution in [0.2, 0.25) is 5.02 Å². The summed E-state index contributed by atoms with van der Waals surface area (Å²) in [4.78, 5) is 12.7. The smallest absolute Gasteiger partial charge is 0.255 e. The van der Waals surface area contributed by atoms with Crippen LogP contribution in [0.25, 0.3) is 0 Å². The summed E-state index contributed by atoms with van der Waals surface area (Å²) in [5.41, 5.74) is 1.88. The zero-order valence-electron chi connectivity index (χ0n) is 15.9. The van der Waals surface area contributed by atoms with E-state index in [1.165, 1.54) is 4.31 Å². The minimum absolute atomic E-state index is 0.226. The lowest BCUT2D eigenvalue weighted by Crippen LogP contribution is -2.30. The van der Waals surface area contributed by atoms with Crippen LogP contribution < -0.4 is 5.32 Å². The predicted octanol–water partition coefficient (Wildman–Crippen LogP) is 4.80. The average molecular weight is 429 g/mol. The molecule has 0 unspecified atom stereocenters. The molecule has 0 heterocycles. The summed E-state index contributed by atoms with van der Waals surface area (Å²) in [5, 5.41) is 3.33. The first-order valence-electron chi connectivity index (χ1n) is 9.11. The third-order valence-corrected chi connectivity index (χ3v) is 6.56. The Hall–Kier alpha value is -2.67. The van der Waals surface area contributed by atoms with Crippen LogP contribution in [0.1, 0.15) is 22.8 Å². The predicted molar refractivity (Wildman–Crippen MR) is 116 cm³/mol. The quantitative estimate of drug-likeness (QED) is 0.587. The van der Waals surface area contributed by atoms with Crippen LogP contribution in [-0.4, -0.2) is 25.2 Å². The molecular weight excluding hydrogens is 408 g/mol. The van der Waals surface area contributed by atoms with Crippen molar-refractivity contribution in [2.24, 2.45) is 0 Å². The van der Waals surface area contributed by atoms with Crippen molar-refractivity contribution in [3.63, 3.8) is 0 Å². The van der Waals surface area contributed by atoms with Gasteiger partial charge in [-0.25, -0.2) is 8.42 Å². The number of halogens is 1. The van der Waals surface area contributed by atoms with Crippen LogP contribution in [0.15, 0.2) is 83.8 Å². The van der Waals surface area contributed by atoms with Crippen LogP contribution in [-0.2, 0) is 16.6 Å². The van der Waals surface area contributed by atoms with E-state index in [9.17, 15) is 13.2 Å². The van der Waals surface area contributed by atoms with Crippen LogP contribution in [0.5, 0.6) is 0 Å². The Morgan fingerprint density at radius 2 is 1.66 bits per heavy atom. The van der Waals surface area contributed by atoms with Crippen molar-refractivity contribution in [3.05, 3.63) is 95.0 Å². The van der Waals surface area contributed by atoms with Gasteiger partial charge in [0, 0.05) is 29.4 Å². The fourth-order valence-electron chi connectivity index (χ4n) is 2.84. The Bertz CT molecular complexity index is 1080.